The number of carbonyl (C=O) groups is 1. The van der Waals surface area contributed by atoms with Crippen molar-refractivity contribution in [3.8, 4) is 11.5 Å². The van der Waals surface area contributed by atoms with Crippen molar-refractivity contribution in [2.45, 2.75) is 6.54 Å². The number of nitrogens with zero attached hydrogens (tertiary/aromatic N) is 4. The average Bonchev–Trinajstić information content (AvgIpc) is 3.03. The zero-order valence-electron chi connectivity index (χ0n) is 15.5. The molecule has 0 aliphatic rings. The van der Waals surface area contributed by atoms with E-state index in [9.17, 15) is 9.59 Å². The van der Waals surface area contributed by atoms with E-state index in [4.69, 9.17) is 21.1 Å². The second-order valence-corrected chi connectivity index (χ2v) is 6.59. The first-order valence-electron chi connectivity index (χ1n) is 8.55. The quantitative estimate of drug-likeness (QED) is 0.539. The number of halogens is 1. The topological polar surface area (TPSA) is 99.8 Å². The third kappa shape index (κ3) is 3.47. The van der Waals surface area contributed by atoms with E-state index in [-0.39, 0.29) is 6.54 Å². The van der Waals surface area contributed by atoms with Crippen LogP contribution in [-0.4, -0.2) is 39.3 Å². The smallest absolute Gasteiger partial charge is 0.352 e. The van der Waals surface area contributed by atoms with E-state index in [2.05, 4.69) is 15.4 Å². The lowest BCUT2D eigenvalue weighted by Crippen LogP contribution is -2.28. The van der Waals surface area contributed by atoms with Crippen LogP contribution in [0.4, 0.5) is 5.69 Å². The summed E-state index contributed by atoms with van der Waals surface area (Å²) < 4.78 is 12.8. The van der Waals surface area contributed by atoms with E-state index in [1.54, 1.807) is 36.4 Å². The van der Waals surface area contributed by atoms with Crippen LogP contribution in [-0.2, 0) is 11.3 Å². The average molecular weight is 414 g/mol. The Morgan fingerprint density at radius 1 is 1.17 bits per heavy atom. The van der Waals surface area contributed by atoms with Gasteiger partial charge in [0, 0.05) is 16.5 Å². The second-order valence-electron chi connectivity index (χ2n) is 6.15. The Hall–Kier alpha value is -3.59. The number of fused-ring (bicyclic) bond motifs is 3. The SMILES string of the molecule is COc1ccc(OC)c(NC(=O)Cn2nc3c4cc(Cl)ccc4ncn3c2=O)c1. The summed E-state index contributed by atoms with van der Waals surface area (Å²) in [6, 6.07) is 10.1. The first-order valence-corrected chi connectivity index (χ1v) is 8.93. The van der Waals surface area contributed by atoms with Gasteiger partial charge in [0.05, 0.1) is 25.4 Å². The van der Waals surface area contributed by atoms with E-state index in [0.29, 0.717) is 38.8 Å². The van der Waals surface area contributed by atoms with Crippen molar-refractivity contribution in [1.82, 2.24) is 19.2 Å². The molecule has 2 aromatic heterocycles. The number of ether oxygens (including phenoxy) is 2. The number of hydrogen-bond acceptors (Lipinski definition) is 6. The van der Waals surface area contributed by atoms with Gasteiger partial charge in [-0.25, -0.2) is 18.9 Å². The third-order valence-corrected chi connectivity index (χ3v) is 4.59. The lowest BCUT2D eigenvalue weighted by atomic mass is 10.2. The molecule has 0 atom stereocenters. The number of benzene rings is 2. The van der Waals surface area contributed by atoms with Gasteiger partial charge in [0.25, 0.3) is 0 Å². The number of rotatable bonds is 5. The lowest BCUT2D eigenvalue weighted by molar-refractivity contribution is -0.117. The summed E-state index contributed by atoms with van der Waals surface area (Å²) in [4.78, 5) is 29.4. The summed E-state index contributed by atoms with van der Waals surface area (Å²) in [5.74, 6) is 0.573. The molecule has 4 rings (SSSR count). The molecule has 0 saturated heterocycles. The number of hydrogen-bond donors (Lipinski definition) is 1. The Morgan fingerprint density at radius 2 is 2.00 bits per heavy atom. The largest absolute Gasteiger partial charge is 0.497 e. The van der Waals surface area contributed by atoms with Gasteiger partial charge in [0.2, 0.25) is 5.91 Å². The Bertz CT molecular complexity index is 1300. The molecule has 2 heterocycles. The predicted molar refractivity (Wildman–Crippen MR) is 108 cm³/mol. The maximum absolute atomic E-state index is 12.6. The van der Waals surface area contributed by atoms with E-state index < -0.39 is 11.6 Å². The summed E-state index contributed by atoms with van der Waals surface area (Å²) >= 11 is 6.06. The van der Waals surface area contributed by atoms with Crippen molar-refractivity contribution in [2.24, 2.45) is 0 Å². The van der Waals surface area contributed by atoms with E-state index in [0.717, 1.165) is 4.68 Å². The molecule has 10 heteroatoms. The molecule has 148 valence electrons. The highest BCUT2D eigenvalue weighted by atomic mass is 35.5. The van der Waals surface area contributed by atoms with Crippen LogP contribution in [0.3, 0.4) is 0 Å². The van der Waals surface area contributed by atoms with Crippen LogP contribution in [0.25, 0.3) is 16.6 Å². The van der Waals surface area contributed by atoms with Crippen LogP contribution in [0.1, 0.15) is 0 Å². The molecule has 0 aliphatic carbocycles. The molecule has 0 radical (unpaired) electrons. The number of anilines is 1. The third-order valence-electron chi connectivity index (χ3n) is 4.36. The molecule has 0 saturated carbocycles. The van der Waals surface area contributed by atoms with Gasteiger partial charge in [0.1, 0.15) is 24.4 Å². The molecule has 1 N–H and O–H groups in total. The highest BCUT2D eigenvalue weighted by Crippen LogP contribution is 2.28. The highest BCUT2D eigenvalue weighted by molar-refractivity contribution is 6.31. The van der Waals surface area contributed by atoms with Crippen LogP contribution in [0.5, 0.6) is 11.5 Å². The van der Waals surface area contributed by atoms with Crippen molar-refractivity contribution in [2.75, 3.05) is 19.5 Å². The number of methoxy groups -OCH3 is 2. The second kappa shape index (κ2) is 7.44. The fourth-order valence-corrected chi connectivity index (χ4v) is 3.14. The van der Waals surface area contributed by atoms with Crippen LogP contribution in [0.15, 0.2) is 47.5 Å². The first-order chi connectivity index (χ1) is 14.0. The maximum atomic E-state index is 12.6. The van der Waals surface area contributed by atoms with Crippen molar-refractivity contribution < 1.29 is 14.3 Å². The van der Waals surface area contributed by atoms with E-state index >= 15 is 0 Å². The fraction of sp³-hybridized carbons (Fsp3) is 0.158. The molecule has 1 amide bonds. The number of carbonyl (C=O) groups excluding carboxylic acids is 1. The van der Waals surface area contributed by atoms with Crippen LogP contribution in [0.2, 0.25) is 5.02 Å². The fourth-order valence-electron chi connectivity index (χ4n) is 2.97. The molecule has 0 bridgehead atoms. The van der Waals surface area contributed by atoms with Gasteiger partial charge < -0.3 is 14.8 Å². The monoisotopic (exact) mass is 413 g/mol. The molecule has 29 heavy (non-hydrogen) atoms. The minimum atomic E-state index is -0.484. The Balaban J connectivity index is 1.67. The van der Waals surface area contributed by atoms with Gasteiger partial charge in [-0.2, -0.15) is 0 Å². The molecule has 0 spiro atoms. The summed E-state index contributed by atoms with van der Waals surface area (Å²) in [5, 5.41) is 8.12. The van der Waals surface area contributed by atoms with Crippen molar-refractivity contribution in [3.63, 3.8) is 0 Å². The van der Waals surface area contributed by atoms with Crippen LogP contribution in [0, 0.1) is 0 Å². The van der Waals surface area contributed by atoms with Crippen molar-refractivity contribution in [1.29, 1.82) is 0 Å². The molecule has 4 aromatic rings. The summed E-state index contributed by atoms with van der Waals surface area (Å²) in [6.45, 7) is -0.289. The molecular weight excluding hydrogens is 398 g/mol. The van der Waals surface area contributed by atoms with Gasteiger partial charge in [-0.05, 0) is 30.3 Å². The Labute approximate surface area is 169 Å². The van der Waals surface area contributed by atoms with E-state index in [1.165, 1.54) is 24.9 Å². The van der Waals surface area contributed by atoms with Gasteiger partial charge in [-0.15, -0.1) is 5.10 Å². The van der Waals surface area contributed by atoms with Gasteiger partial charge >= 0.3 is 5.69 Å². The maximum Gasteiger partial charge on any atom is 0.352 e. The summed E-state index contributed by atoms with van der Waals surface area (Å²) in [7, 11) is 3.02. The number of amides is 1. The predicted octanol–water partition coefficient (Wildman–Crippen LogP) is 2.35. The molecule has 0 fully saturated rings. The standard InChI is InChI=1S/C19H16ClN5O4/c1-28-12-4-6-16(29-2)15(8-12)22-17(26)9-25-19(27)24-10-21-14-5-3-11(20)7-13(14)18(24)23-25/h3-8,10H,9H2,1-2H3,(H,22,26). The van der Waals surface area contributed by atoms with E-state index in [1.807, 2.05) is 0 Å². The Kier molecular flexibility index (Phi) is 4.81. The van der Waals surface area contributed by atoms with Crippen molar-refractivity contribution in [3.05, 3.63) is 58.2 Å². The summed E-state index contributed by atoms with van der Waals surface area (Å²) in [6.07, 6.45) is 1.38. The normalized spacial score (nSPS) is 11.0. The molecule has 9 nitrogen and oxygen atoms in total. The zero-order chi connectivity index (χ0) is 20.5. The Morgan fingerprint density at radius 3 is 2.76 bits per heavy atom. The van der Waals surface area contributed by atoms with Gasteiger partial charge in [-0.3, -0.25) is 4.79 Å². The van der Waals surface area contributed by atoms with Gasteiger partial charge in [0.15, 0.2) is 5.65 Å². The van der Waals surface area contributed by atoms with Gasteiger partial charge in [-0.1, -0.05) is 11.6 Å². The minimum Gasteiger partial charge on any atom is -0.497 e. The minimum absolute atomic E-state index is 0.289. The summed E-state index contributed by atoms with van der Waals surface area (Å²) in [5.41, 5.74) is 0.952. The van der Waals surface area contributed by atoms with Crippen molar-refractivity contribution >= 4 is 39.7 Å². The molecular formula is C19H16ClN5O4. The lowest BCUT2D eigenvalue weighted by Gasteiger charge is -2.11. The zero-order valence-corrected chi connectivity index (χ0v) is 16.3. The molecule has 0 unspecified atom stereocenters. The molecule has 2 aromatic carbocycles. The van der Waals surface area contributed by atoms with Crippen LogP contribution >= 0.6 is 11.6 Å². The molecule has 0 aliphatic heterocycles. The number of aromatic nitrogens is 4. The van der Waals surface area contributed by atoms with Crippen LogP contribution < -0.4 is 20.5 Å². The number of nitrogens with one attached hydrogen (secondary N) is 1. The first kappa shape index (κ1) is 18.8. The highest BCUT2D eigenvalue weighted by Gasteiger charge is 2.15.